The molecule has 0 aliphatic carbocycles. The van der Waals surface area contributed by atoms with Gasteiger partial charge in [0.25, 0.3) is 0 Å². The van der Waals surface area contributed by atoms with E-state index in [9.17, 15) is 0 Å². The van der Waals surface area contributed by atoms with E-state index in [0.29, 0.717) is 5.41 Å². The van der Waals surface area contributed by atoms with E-state index >= 15 is 0 Å². The number of methoxy groups -OCH3 is 1. The maximum Gasteiger partial charge on any atom is 0.162 e. The minimum Gasteiger partial charge on any atom is -0.422 e. The zero-order valence-corrected chi connectivity index (χ0v) is 9.56. The molecule has 0 unspecified atom stereocenters. The average Bonchev–Trinajstić information content (AvgIpc) is 1.85. The normalized spacial score (nSPS) is 13.1. The fraction of sp³-hybridized carbons (Fsp3) is 1.00. The predicted molar refractivity (Wildman–Crippen MR) is 50.6 cm³/mol. The second-order valence-electron chi connectivity index (χ2n) is 3.92. The van der Waals surface area contributed by atoms with E-state index in [4.69, 9.17) is 9.16 Å². The lowest BCUT2D eigenvalue weighted by atomic mass is 10.0. The molecule has 0 aromatic heterocycles. The predicted octanol–water partition coefficient (Wildman–Crippen LogP) is 1.20. The third kappa shape index (κ3) is 10.1. The van der Waals surface area contributed by atoms with E-state index in [0.717, 1.165) is 13.2 Å². The van der Waals surface area contributed by atoms with Crippen molar-refractivity contribution in [2.75, 3.05) is 20.3 Å². The molecular weight excluding hydrogens is 156 g/mol. The lowest BCUT2D eigenvalue weighted by molar-refractivity contribution is 0.148. The van der Waals surface area contributed by atoms with Gasteiger partial charge in [-0.25, -0.2) is 0 Å². The number of hydrogen-bond acceptors (Lipinski definition) is 2. The van der Waals surface area contributed by atoms with Crippen molar-refractivity contribution in [2.24, 2.45) is 5.41 Å². The molecule has 3 heteroatoms. The Hall–Kier alpha value is 0.137. The summed E-state index contributed by atoms with van der Waals surface area (Å²) >= 11 is 0. The first kappa shape index (κ1) is 11.1. The highest BCUT2D eigenvalue weighted by Crippen LogP contribution is 2.17. The molecule has 0 amide bonds. The van der Waals surface area contributed by atoms with Crippen molar-refractivity contribution in [3.63, 3.8) is 0 Å². The Labute approximate surface area is 72.2 Å². The van der Waals surface area contributed by atoms with Crippen LogP contribution in [-0.4, -0.2) is 30.1 Å². The second-order valence-corrected chi connectivity index (χ2v) is 5.23. The smallest absolute Gasteiger partial charge is 0.162 e. The summed E-state index contributed by atoms with van der Waals surface area (Å²) in [5.41, 5.74) is 0.444. The molecular formula is C8H20O2Si. The molecule has 0 N–H and O–H groups in total. The molecule has 0 spiro atoms. The Kier molecular flexibility index (Phi) is 5.82. The van der Waals surface area contributed by atoms with Gasteiger partial charge < -0.3 is 9.16 Å². The third-order valence-electron chi connectivity index (χ3n) is 1.43. The van der Waals surface area contributed by atoms with Crippen molar-refractivity contribution >= 4 is 9.76 Å². The van der Waals surface area contributed by atoms with Crippen LogP contribution < -0.4 is 0 Å². The van der Waals surface area contributed by atoms with Gasteiger partial charge in [-0.1, -0.05) is 20.8 Å². The Morgan fingerprint density at radius 1 is 1.18 bits per heavy atom. The van der Waals surface area contributed by atoms with E-state index in [-0.39, 0.29) is 9.76 Å². The molecule has 0 atom stereocenters. The summed E-state index contributed by atoms with van der Waals surface area (Å²) in [6.07, 6.45) is 0. The molecule has 0 heterocycles. The van der Waals surface area contributed by atoms with Gasteiger partial charge in [0.15, 0.2) is 9.76 Å². The fourth-order valence-corrected chi connectivity index (χ4v) is 1.70. The second kappa shape index (κ2) is 5.74. The van der Waals surface area contributed by atoms with E-state index in [1.165, 1.54) is 6.04 Å². The molecule has 0 aliphatic rings. The summed E-state index contributed by atoms with van der Waals surface area (Å²) in [5.74, 6) is 0. The van der Waals surface area contributed by atoms with Crippen molar-refractivity contribution < 1.29 is 9.16 Å². The first-order valence-corrected chi connectivity index (χ1v) is 5.71. The zero-order chi connectivity index (χ0) is 8.74. The molecule has 0 radical (unpaired) electrons. The van der Waals surface area contributed by atoms with E-state index < -0.39 is 0 Å². The summed E-state index contributed by atoms with van der Waals surface area (Å²) in [6.45, 7) is 8.26. The van der Waals surface area contributed by atoms with Crippen LogP contribution in [0.4, 0.5) is 0 Å². The lowest BCUT2D eigenvalue weighted by Gasteiger charge is -2.16. The first-order chi connectivity index (χ1) is 5.06. The van der Waals surface area contributed by atoms with Crippen LogP contribution >= 0.6 is 0 Å². The largest absolute Gasteiger partial charge is 0.422 e. The van der Waals surface area contributed by atoms with Crippen LogP contribution in [0.25, 0.3) is 0 Å². The van der Waals surface area contributed by atoms with Crippen molar-refractivity contribution in [3.05, 3.63) is 0 Å². The van der Waals surface area contributed by atoms with Crippen LogP contribution in [0.15, 0.2) is 0 Å². The molecule has 0 saturated heterocycles. The maximum absolute atomic E-state index is 5.46. The SMILES string of the molecule is COCCO[SiH2]CC(C)(C)C. The molecule has 0 fully saturated rings. The van der Waals surface area contributed by atoms with Crippen molar-refractivity contribution in [1.82, 2.24) is 0 Å². The van der Waals surface area contributed by atoms with Gasteiger partial charge in [-0.3, -0.25) is 0 Å². The molecule has 2 nitrogen and oxygen atoms in total. The van der Waals surface area contributed by atoms with Gasteiger partial charge in [-0.2, -0.15) is 0 Å². The van der Waals surface area contributed by atoms with Crippen LogP contribution in [0.3, 0.4) is 0 Å². The Balaban J connectivity index is 3.02. The molecule has 0 aliphatic heterocycles. The summed E-state index contributed by atoms with van der Waals surface area (Å²) in [5, 5.41) is 0. The quantitative estimate of drug-likeness (QED) is 0.463. The number of hydrogen-bond donors (Lipinski definition) is 0. The third-order valence-corrected chi connectivity index (χ3v) is 3.71. The van der Waals surface area contributed by atoms with Gasteiger partial charge in [0.1, 0.15) is 0 Å². The molecule has 0 saturated carbocycles. The zero-order valence-electron chi connectivity index (χ0n) is 8.14. The molecule has 0 aromatic carbocycles. The molecule has 0 aromatic rings. The van der Waals surface area contributed by atoms with Gasteiger partial charge in [0.2, 0.25) is 0 Å². The lowest BCUT2D eigenvalue weighted by Crippen LogP contribution is -2.13. The summed E-state index contributed by atoms with van der Waals surface area (Å²) in [6, 6.07) is 1.25. The molecule has 0 rings (SSSR count). The minimum atomic E-state index is -0.293. The highest BCUT2D eigenvalue weighted by molar-refractivity contribution is 6.27. The topological polar surface area (TPSA) is 18.5 Å². The first-order valence-electron chi connectivity index (χ1n) is 4.13. The summed E-state index contributed by atoms with van der Waals surface area (Å²) < 4.78 is 10.3. The van der Waals surface area contributed by atoms with Crippen molar-refractivity contribution in [3.8, 4) is 0 Å². The highest BCUT2D eigenvalue weighted by Gasteiger charge is 2.09. The van der Waals surface area contributed by atoms with E-state index in [2.05, 4.69) is 20.8 Å². The van der Waals surface area contributed by atoms with Gasteiger partial charge in [-0.15, -0.1) is 0 Å². The summed E-state index contributed by atoms with van der Waals surface area (Å²) in [7, 11) is 1.41. The van der Waals surface area contributed by atoms with Gasteiger partial charge in [0, 0.05) is 7.11 Å². The standard InChI is InChI=1S/C8H20O2Si/c1-8(2,3)7-11-10-6-5-9-4/h5-7,11H2,1-4H3. The van der Waals surface area contributed by atoms with Crippen LogP contribution in [-0.2, 0) is 9.16 Å². The Morgan fingerprint density at radius 2 is 1.82 bits per heavy atom. The van der Waals surface area contributed by atoms with Gasteiger partial charge in [0.05, 0.1) is 13.2 Å². The van der Waals surface area contributed by atoms with Crippen molar-refractivity contribution in [2.45, 2.75) is 26.8 Å². The van der Waals surface area contributed by atoms with Gasteiger partial charge >= 0.3 is 0 Å². The Bertz CT molecular complexity index is 88.6. The van der Waals surface area contributed by atoms with Crippen molar-refractivity contribution in [1.29, 1.82) is 0 Å². The van der Waals surface area contributed by atoms with Crippen LogP contribution in [0.5, 0.6) is 0 Å². The highest BCUT2D eigenvalue weighted by atomic mass is 28.2. The van der Waals surface area contributed by atoms with E-state index in [1.807, 2.05) is 0 Å². The van der Waals surface area contributed by atoms with Crippen LogP contribution in [0.2, 0.25) is 6.04 Å². The van der Waals surface area contributed by atoms with Gasteiger partial charge in [-0.05, 0) is 11.5 Å². The number of rotatable bonds is 5. The fourth-order valence-electron chi connectivity index (χ4n) is 0.623. The average molecular weight is 176 g/mol. The maximum atomic E-state index is 5.46. The molecule has 0 bridgehead atoms. The molecule has 68 valence electrons. The summed E-state index contributed by atoms with van der Waals surface area (Å²) in [4.78, 5) is 0. The van der Waals surface area contributed by atoms with E-state index in [1.54, 1.807) is 7.11 Å². The minimum absolute atomic E-state index is 0.293. The van der Waals surface area contributed by atoms with Crippen LogP contribution in [0, 0.1) is 5.41 Å². The monoisotopic (exact) mass is 176 g/mol. The van der Waals surface area contributed by atoms with Crippen LogP contribution in [0.1, 0.15) is 20.8 Å². The Morgan fingerprint density at radius 3 is 2.27 bits per heavy atom. The molecule has 11 heavy (non-hydrogen) atoms. The number of ether oxygens (including phenoxy) is 1.